The molecule has 0 amide bonds. The van der Waals surface area contributed by atoms with Crippen LogP contribution in [0.15, 0.2) is 60.9 Å². The molecule has 0 bridgehead atoms. The van der Waals surface area contributed by atoms with Crippen LogP contribution in [-0.4, -0.2) is 10.1 Å². The van der Waals surface area contributed by atoms with Crippen LogP contribution in [-0.2, 0) is 6.54 Å². The summed E-state index contributed by atoms with van der Waals surface area (Å²) in [5.74, 6) is 0.299. The minimum Gasteiger partial charge on any atom is -0.508 e. The molecule has 0 saturated heterocycles. The van der Waals surface area contributed by atoms with Gasteiger partial charge >= 0.3 is 0 Å². The van der Waals surface area contributed by atoms with Crippen LogP contribution < -0.4 is 5.32 Å². The highest BCUT2D eigenvalue weighted by atomic mass is 16.3. The summed E-state index contributed by atoms with van der Waals surface area (Å²) in [5, 5.41) is 15.4. The third kappa shape index (κ3) is 3.03. The normalized spacial score (nSPS) is 12.4. The zero-order valence-electron chi connectivity index (χ0n) is 12.0. The Kier molecular flexibility index (Phi) is 3.84. The zero-order valence-corrected chi connectivity index (χ0v) is 12.0. The summed E-state index contributed by atoms with van der Waals surface area (Å²) in [7, 11) is 0. The van der Waals surface area contributed by atoms with E-state index in [1.165, 1.54) is 10.9 Å². The minimum atomic E-state index is 0.163. The van der Waals surface area contributed by atoms with Crippen LogP contribution in [0.1, 0.15) is 24.1 Å². The van der Waals surface area contributed by atoms with E-state index in [2.05, 4.69) is 29.4 Å². The van der Waals surface area contributed by atoms with Crippen LogP contribution >= 0.6 is 0 Å². The Morgan fingerprint density at radius 3 is 2.81 bits per heavy atom. The first-order valence-electron chi connectivity index (χ1n) is 7.08. The van der Waals surface area contributed by atoms with E-state index in [0.717, 1.165) is 17.5 Å². The van der Waals surface area contributed by atoms with Crippen molar-refractivity contribution in [3.05, 3.63) is 72.1 Å². The molecule has 0 saturated carbocycles. The lowest BCUT2D eigenvalue weighted by Crippen LogP contribution is -2.18. The monoisotopic (exact) mass is 278 g/mol. The van der Waals surface area contributed by atoms with Gasteiger partial charge in [0.1, 0.15) is 5.75 Å². The van der Waals surface area contributed by atoms with Gasteiger partial charge in [0, 0.05) is 30.4 Å². The predicted molar refractivity (Wildman–Crippen MR) is 85.1 cm³/mol. The van der Waals surface area contributed by atoms with E-state index in [1.54, 1.807) is 12.1 Å². The van der Waals surface area contributed by atoms with Crippen molar-refractivity contribution < 1.29 is 5.11 Å². The fraction of sp³-hybridized carbons (Fsp3) is 0.167. The quantitative estimate of drug-likeness (QED) is 0.763. The largest absolute Gasteiger partial charge is 0.508 e. The summed E-state index contributed by atoms with van der Waals surface area (Å²) < 4.78 is 0. The summed E-state index contributed by atoms with van der Waals surface area (Å²) in [6.07, 6.45) is 3.79. The molecule has 2 N–H and O–H groups in total. The van der Waals surface area contributed by atoms with Crippen LogP contribution in [0.2, 0.25) is 0 Å². The molecule has 1 aromatic heterocycles. The van der Waals surface area contributed by atoms with Gasteiger partial charge in [-0.15, -0.1) is 0 Å². The third-order valence-electron chi connectivity index (χ3n) is 3.72. The van der Waals surface area contributed by atoms with Gasteiger partial charge in [0.15, 0.2) is 0 Å². The Balaban J connectivity index is 1.77. The number of phenolic OH excluding ortho intramolecular Hbond substituents is 1. The molecule has 3 rings (SSSR count). The molecule has 3 nitrogen and oxygen atoms in total. The number of benzene rings is 2. The lowest BCUT2D eigenvalue weighted by molar-refractivity contribution is 0.472. The first-order valence-corrected chi connectivity index (χ1v) is 7.08. The second-order valence-corrected chi connectivity index (χ2v) is 5.22. The first-order chi connectivity index (χ1) is 10.2. The summed E-state index contributed by atoms with van der Waals surface area (Å²) in [5.41, 5.74) is 2.25. The number of aromatic hydroxyl groups is 1. The van der Waals surface area contributed by atoms with Gasteiger partial charge in [-0.25, -0.2) is 0 Å². The van der Waals surface area contributed by atoms with E-state index in [0.29, 0.717) is 5.75 Å². The molecule has 1 atom stereocenters. The van der Waals surface area contributed by atoms with Crippen LogP contribution in [0.5, 0.6) is 5.75 Å². The highest BCUT2D eigenvalue weighted by Gasteiger charge is 2.07. The molecule has 0 spiro atoms. The van der Waals surface area contributed by atoms with Crippen molar-refractivity contribution in [2.45, 2.75) is 19.5 Å². The second kappa shape index (κ2) is 5.94. The highest BCUT2D eigenvalue weighted by Crippen LogP contribution is 2.20. The van der Waals surface area contributed by atoms with Crippen molar-refractivity contribution in [1.82, 2.24) is 10.3 Å². The van der Waals surface area contributed by atoms with Gasteiger partial charge in [0.25, 0.3) is 0 Å². The SMILES string of the molecule is CC(NCc1cncc2ccccc12)c1cccc(O)c1. The molecule has 0 aliphatic carbocycles. The van der Waals surface area contributed by atoms with Crippen molar-refractivity contribution in [1.29, 1.82) is 0 Å². The standard InChI is InChI=1S/C18H18N2O/c1-13(14-6-4-7-17(21)9-14)20-12-16-11-19-10-15-5-2-3-8-18(15)16/h2-11,13,20-21H,12H2,1H3. The van der Waals surface area contributed by atoms with E-state index in [-0.39, 0.29) is 6.04 Å². The van der Waals surface area contributed by atoms with Crippen molar-refractivity contribution in [3.63, 3.8) is 0 Å². The number of nitrogens with one attached hydrogen (secondary N) is 1. The summed E-state index contributed by atoms with van der Waals surface area (Å²) in [6, 6.07) is 15.8. The van der Waals surface area contributed by atoms with E-state index < -0.39 is 0 Å². The lowest BCUT2D eigenvalue weighted by atomic mass is 10.1. The maximum Gasteiger partial charge on any atom is 0.115 e. The molecule has 0 aliphatic heterocycles. The second-order valence-electron chi connectivity index (χ2n) is 5.22. The van der Waals surface area contributed by atoms with Gasteiger partial charge in [0.05, 0.1) is 0 Å². The van der Waals surface area contributed by atoms with Crippen LogP contribution in [0.3, 0.4) is 0 Å². The number of nitrogens with zero attached hydrogens (tertiary/aromatic N) is 1. The van der Waals surface area contributed by atoms with Gasteiger partial charge in [-0.1, -0.05) is 36.4 Å². The zero-order chi connectivity index (χ0) is 14.7. The van der Waals surface area contributed by atoms with Crippen molar-refractivity contribution >= 4 is 10.8 Å². The Hall–Kier alpha value is -2.39. The van der Waals surface area contributed by atoms with E-state index in [4.69, 9.17) is 0 Å². The minimum absolute atomic E-state index is 0.163. The lowest BCUT2D eigenvalue weighted by Gasteiger charge is -2.15. The number of fused-ring (bicyclic) bond motifs is 1. The van der Waals surface area contributed by atoms with E-state index >= 15 is 0 Å². The summed E-state index contributed by atoms with van der Waals surface area (Å²) in [6.45, 7) is 2.83. The fourth-order valence-corrected chi connectivity index (χ4v) is 2.50. The molecule has 21 heavy (non-hydrogen) atoms. The Morgan fingerprint density at radius 2 is 1.95 bits per heavy atom. The van der Waals surface area contributed by atoms with Crippen LogP contribution in [0.4, 0.5) is 0 Å². The molecule has 1 heterocycles. The molecule has 3 aromatic rings. The average molecular weight is 278 g/mol. The maximum absolute atomic E-state index is 9.55. The third-order valence-corrected chi connectivity index (χ3v) is 3.72. The van der Waals surface area contributed by atoms with Crippen molar-refractivity contribution in [2.24, 2.45) is 0 Å². The fourth-order valence-electron chi connectivity index (χ4n) is 2.50. The van der Waals surface area contributed by atoms with Crippen molar-refractivity contribution in [3.8, 4) is 5.75 Å². The van der Waals surface area contributed by atoms with Gasteiger partial charge < -0.3 is 10.4 Å². The van der Waals surface area contributed by atoms with Crippen LogP contribution in [0.25, 0.3) is 10.8 Å². The maximum atomic E-state index is 9.55. The Labute approximate surface area is 124 Å². The van der Waals surface area contributed by atoms with Crippen LogP contribution in [0, 0.1) is 0 Å². The smallest absolute Gasteiger partial charge is 0.115 e. The number of rotatable bonds is 4. The van der Waals surface area contributed by atoms with Crippen molar-refractivity contribution in [2.75, 3.05) is 0 Å². The molecule has 106 valence electrons. The molecular formula is C18H18N2O. The van der Waals surface area contributed by atoms with Gasteiger partial charge in [-0.2, -0.15) is 0 Å². The molecule has 0 aliphatic rings. The Morgan fingerprint density at radius 1 is 1.10 bits per heavy atom. The molecule has 3 heteroatoms. The predicted octanol–water partition coefficient (Wildman–Crippen LogP) is 3.79. The summed E-state index contributed by atoms with van der Waals surface area (Å²) in [4.78, 5) is 4.30. The molecule has 0 radical (unpaired) electrons. The number of phenols is 1. The number of hydrogen-bond acceptors (Lipinski definition) is 3. The molecular weight excluding hydrogens is 260 g/mol. The highest BCUT2D eigenvalue weighted by molar-refractivity contribution is 5.84. The van der Waals surface area contributed by atoms with E-state index in [9.17, 15) is 5.11 Å². The van der Waals surface area contributed by atoms with Gasteiger partial charge in [0.2, 0.25) is 0 Å². The first kappa shape index (κ1) is 13.6. The molecule has 1 unspecified atom stereocenters. The Bertz CT molecular complexity index is 750. The molecule has 2 aromatic carbocycles. The number of aromatic nitrogens is 1. The van der Waals surface area contributed by atoms with Gasteiger partial charge in [-0.05, 0) is 35.6 Å². The topological polar surface area (TPSA) is 45.2 Å². The van der Waals surface area contributed by atoms with E-state index in [1.807, 2.05) is 36.7 Å². The number of hydrogen-bond donors (Lipinski definition) is 2. The average Bonchev–Trinajstić information content (AvgIpc) is 2.52. The molecule has 0 fully saturated rings. The number of pyridine rings is 1. The van der Waals surface area contributed by atoms with Gasteiger partial charge in [-0.3, -0.25) is 4.98 Å². The summed E-state index contributed by atoms with van der Waals surface area (Å²) >= 11 is 0.